The van der Waals surface area contributed by atoms with E-state index in [1.54, 1.807) is 0 Å². The van der Waals surface area contributed by atoms with E-state index in [0.29, 0.717) is 0 Å². The van der Waals surface area contributed by atoms with E-state index in [2.05, 4.69) is 4.18 Å². The molecule has 0 rings (SSSR count). The van der Waals surface area contributed by atoms with Gasteiger partial charge < -0.3 is 4.55 Å². The average Bonchev–Trinajstić information content (AvgIpc) is 1.55. The third-order valence-electron chi connectivity index (χ3n) is 0.613. The maximum Gasteiger partial charge on any atom is 1.00 e. The van der Waals surface area contributed by atoms with Crippen LogP contribution in [0.25, 0.3) is 0 Å². The maximum absolute atomic E-state index is 11.3. The molecule has 0 bridgehead atoms. The van der Waals surface area contributed by atoms with Crippen molar-refractivity contribution in [3.05, 3.63) is 0 Å². The van der Waals surface area contributed by atoms with Crippen LogP contribution in [-0.4, -0.2) is 25.8 Å². The van der Waals surface area contributed by atoms with Crippen LogP contribution < -0.4 is 18.9 Å². The first-order valence-electron chi connectivity index (χ1n) is 2.38. The number of alkyl halides is 3. The molecule has 0 fully saturated rings. The second-order valence-electron chi connectivity index (χ2n) is 1.60. The first-order chi connectivity index (χ1) is 4.71. The fourth-order valence-electron chi connectivity index (χ4n) is 0.259. The average molecular weight is 200 g/mol. The minimum atomic E-state index is -5.00. The molecule has 4 nitrogen and oxygen atoms in total. The molecule has 0 atom stereocenters. The van der Waals surface area contributed by atoms with Crippen molar-refractivity contribution in [3.8, 4) is 0 Å². The van der Waals surface area contributed by atoms with Crippen molar-refractivity contribution < 1.29 is 49.2 Å². The van der Waals surface area contributed by atoms with Crippen molar-refractivity contribution in [2.75, 3.05) is 6.61 Å². The van der Waals surface area contributed by atoms with Crippen molar-refractivity contribution in [2.24, 2.45) is 0 Å². The van der Waals surface area contributed by atoms with Crippen LogP contribution in [0.4, 0.5) is 13.2 Å². The summed E-state index contributed by atoms with van der Waals surface area (Å²) in [6.07, 6.45) is -5.96. The van der Waals surface area contributed by atoms with Gasteiger partial charge in [0.05, 0.1) is 13.0 Å². The predicted molar refractivity (Wildman–Crippen MR) is 26.3 cm³/mol. The van der Waals surface area contributed by atoms with E-state index in [1.807, 2.05) is 0 Å². The molecule has 0 radical (unpaired) electrons. The SMILES string of the molecule is O=S(=O)([O-])OCCC(F)(F)F.[Li+]. The van der Waals surface area contributed by atoms with Gasteiger partial charge in [-0.3, -0.25) is 4.18 Å². The Morgan fingerprint density at radius 1 is 1.33 bits per heavy atom. The van der Waals surface area contributed by atoms with Crippen molar-refractivity contribution in [1.29, 1.82) is 0 Å². The summed E-state index contributed by atoms with van der Waals surface area (Å²) in [5.74, 6) is 0. The molecule has 0 aromatic rings. The van der Waals surface area contributed by atoms with Gasteiger partial charge in [-0.15, -0.1) is 0 Å². The van der Waals surface area contributed by atoms with E-state index < -0.39 is 29.6 Å². The fourth-order valence-corrected chi connectivity index (χ4v) is 0.547. The number of rotatable bonds is 3. The number of hydrogen-bond donors (Lipinski definition) is 0. The van der Waals surface area contributed by atoms with E-state index in [4.69, 9.17) is 0 Å². The first kappa shape index (κ1) is 14.8. The van der Waals surface area contributed by atoms with Crippen LogP contribution in [0.1, 0.15) is 6.42 Å². The molecule has 0 heterocycles. The fraction of sp³-hybridized carbons (Fsp3) is 1.00. The molecule has 0 aliphatic heterocycles. The second kappa shape index (κ2) is 5.09. The summed E-state index contributed by atoms with van der Waals surface area (Å²) in [4.78, 5) is 0. The van der Waals surface area contributed by atoms with Gasteiger partial charge in [-0.25, -0.2) is 8.42 Å². The minimum absolute atomic E-state index is 0. The number of halogens is 3. The van der Waals surface area contributed by atoms with Gasteiger partial charge >= 0.3 is 25.0 Å². The van der Waals surface area contributed by atoms with E-state index in [9.17, 15) is 26.1 Å². The van der Waals surface area contributed by atoms with Gasteiger partial charge in [-0.1, -0.05) is 0 Å². The molecule has 0 unspecified atom stereocenters. The largest absolute Gasteiger partial charge is 1.00 e. The van der Waals surface area contributed by atoms with Gasteiger partial charge in [-0.2, -0.15) is 13.2 Å². The summed E-state index contributed by atoms with van der Waals surface area (Å²) in [7, 11) is -5.00. The Kier molecular flexibility index (Phi) is 6.26. The Morgan fingerprint density at radius 2 is 1.75 bits per heavy atom. The van der Waals surface area contributed by atoms with Crippen molar-refractivity contribution >= 4 is 10.4 Å². The molecule has 0 saturated carbocycles. The quantitative estimate of drug-likeness (QED) is 0.285. The third-order valence-corrected chi connectivity index (χ3v) is 1.07. The van der Waals surface area contributed by atoms with Gasteiger partial charge in [0, 0.05) is 0 Å². The van der Waals surface area contributed by atoms with Gasteiger partial charge in [0.1, 0.15) is 0 Å². The Morgan fingerprint density at radius 3 is 2.00 bits per heavy atom. The van der Waals surface area contributed by atoms with E-state index in [-0.39, 0.29) is 18.9 Å². The summed E-state index contributed by atoms with van der Waals surface area (Å²) in [6, 6.07) is 0. The molecular formula is C3H4F3LiO4S. The summed E-state index contributed by atoms with van der Waals surface area (Å²) in [5.41, 5.74) is 0. The summed E-state index contributed by atoms with van der Waals surface area (Å²) in [5, 5.41) is 0. The van der Waals surface area contributed by atoms with Crippen LogP contribution >= 0.6 is 0 Å². The monoisotopic (exact) mass is 200 g/mol. The van der Waals surface area contributed by atoms with Crippen LogP contribution in [0, 0.1) is 0 Å². The van der Waals surface area contributed by atoms with Gasteiger partial charge in [0.15, 0.2) is 0 Å². The zero-order chi connectivity index (χ0) is 9.12. The molecule has 0 aromatic heterocycles. The van der Waals surface area contributed by atoms with E-state index in [1.165, 1.54) is 0 Å². The van der Waals surface area contributed by atoms with Gasteiger partial charge in [0.2, 0.25) is 10.4 Å². The molecule has 0 amide bonds. The molecule has 0 spiro atoms. The predicted octanol–water partition coefficient (Wildman–Crippen LogP) is -2.58. The smallest absolute Gasteiger partial charge is 0.726 e. The van der Waals surface area contributed by atoms with Crippen LogP contribution in [-0.2, 0) is 14.6 Å². The molecule has 12 heavy (non-hydrogen) atoms. The number of hydrogen-bond acceptors (Lipinski definition) is 4. The van der Waals surface area contributed by atoms with Crippen LogP contribution in [0.3, 0.4) is 0 Å². The zero-order valence-corrected chi connectivity index (χ0v) is 6.91. The summed E-state index contributed by atoms with van der Waals surface area (Å²) < 4.78 is 65.8. The molecule has 68 valence electrons. The maximum atomic E-state index is 11.3. The van der Waals surface area contributed by atoms with Crippen LogP contribution in [0.5, 0.6) is 0 Å². The second-order valence-corrected chi connectivity index (χ2v) is 2.65. The van der Waals surface area contributed by atoms with E-state index in [0.717, 1.165) is 0 Å². The zero-order valence-electron chi connectivity index (χ0n) is 6.09. The normalized spacial score (nSPS) is 12.3. The third kappa shape index (κ3) is 12.9. The summed E-state index contributed by atoms with van der Waals surface area (Å²) in [6.45, 7) is -1.16. The van der Waals surface area contributed by atoms with E-state index >= 15 is 0 Å². The Bertz CT molecular complexity index is 210. The van der Waals surface area contributed by atoms with Crippen LogP contribution in [0.2, 0.25) is 0 Å². The van der Waals surface area contributed by atoms with Crippen molar-refractivity contribution in [2.45, 2.75) is 12.6 Å². The first-order valence-corrected chi connectivity index (χ1v) is 3.71. The molecule has 0 aromatic carbocycles. The summed E-state index contributed by atoms with van der Waals surface area (Å²) >= 11 is 0. The Hall–Kier alpha value is 0.257. The molecule has 0 aliphatic carbocycles. The van der Waals surface area contributed by atoms with Gasteiger partial charge in [0.25, 0.3) is 0 Å². The molecule has 0 saturated heterocycles. The molecule has 0 N–H and O–H groups in total. The Labute approximate surface area is 79.2 Å². The standard InChI is InChI=1S/C3H5F3O4S.Li/c4-3(5,6)1-2-10-11(7,8)9;/h1-2H2,(H,7,8,9);/q;+1/p-1. The van der Waals surface area contributed by atoms with Gasteiger partial charge in [-0.05, 0) is 0 Å². The van der Waals surface area contributed by atoms with Crippen LogP contribution in [0.15, 0.2) is 0 Å². The van der Waals surface area contributed by atoms with Crippen molar-refractivity contribution in [1.82, 2.24) is 0 Å². The molecule has 0 aliphatic rings. The Balaban J connectivity index is 0. The molecular weight excluding hydrogens is 196 g/mol. The topological polar surface area (TPSA) is 66.4 Å². The minimum Gasteiger partial charge on any atom is -0.726 e. The molecule has 9 heteroatoms. The van der Waals surface area contributed by atoms with Crippen molar-refractivity contribution in [3.63, 3.8) is 0 Å².